The van der Waals surface area contributed by atoms with Crippen LogP contribution in [0.2, 0.25) is 0 Å². The van der Waals surface area contributed by atoms with Crippen molar-refractivity contribution in [1.29, 1.82) is 0 Å². The van der Waals surface area contributed by atoms with E-state index in [0.29, 0.717) is 17.7 Å². The third-order valence-corrected chi connectivity index (χ3v) is 4.24. The Morgan fingerprint density at radius 2 is 1.96 bits per heavy atom. The van der Waals surface area contributed by atoms with Gasteiger partial charge in [0.2, 0.25) is 6.10 Å². The SMILES string of the molecule is CC(C)C(NC(=O)C1CC(c2cccc(F)c2)=NO1)c1ccccc1. The van der Waals surface area contributed by atoms with Crippen molar-refractivity contribution in [3.63, 3.8) is 0 Å². The van der Waals surface area contributed by atoms with Gasteiger partial charge in [0, 0.05) is 12.0 Å². The summed E-state index contributed by atoms with van der Waals surface area (Å²) in [7, 11) is 0. The van der Waals surface area contributed by atoms with Crippen LogP contribution in [0.15, 0.2) is 59.8 Å². The zero-order valence-corrected chi connectivity index (χ0v) is 14.3. The summed E-state index contributed by atoms with van der Waals surface area (Å²) in [6.45, 7) is 4.12. The smallest absolute Gasteiger partial charge is 0.264 e. The van der Waals surface area contributed by atoms with E-state index in [-0.39, 0.29) is 23.7 Å². The summed E-state index contributed by atoms with van der Waals surface area (Å²) < 4.78 is 13.3. The van der Waals surface area contributed by atoms with Crippen LogP contribution in [0.4, 0.5) is 4.39 Å². The number of nitrogens with one attached hydrogen (secondary N) is 1. The van der Waals surface area contributed by atoms with Crippen LogP contribution in [-0.4, -0.2) is 17.7 Å². The molecule has 0 saturated carbocycles. The van der Waals surface area contributed by atoms with E-state index in [2.05, 4.69) is 24.3 Å². The van der Waals surface area contributed by atoms with Gasteiger partial charge in [0.1, 0.15) is 5.82 Å². The van der Waals surface area contributed by atoms with Gasteiger partial charge < -0.3 is 10.2 Å². The number of carbonyl (C=O) groups is 1. The van der Waals surface area contributed by atoms with Gasteiger partial charge in [0.15, 0.2) is 0 Å². The number of nitrogens with zero attached hydrogens (tertiary/aromatic N) is 1. The molecule has 0 radical (unpaired) electrons. The lowest BCUT2D eigenvalue weighted by atomic mass is 9.95. The van der Waals surface area contributed by atoms with Crippen molar-refractivity contribution in [3.05, 3.63) is 71.5 Å². The summed E-state index contributed by atoms with van der Waals surface area (Å²) in [4.78, 5) is 17.9. The number of hydrogen-bond acceptors (Lipinski definition) is 3. The third kappa shape index (κ3) is 4.05. The molecular weight excluding hydrogens is 319 g/mol. The molecule has 5 heteroatoms. The van der Waals surface area contributed by atoms with Gasteiger partial charge in [-0.1, -0.05) is 61.5 Å². The lowest BCUT2D eigenvalue weighted by molar-refractivity contribution is -0.132. The van der Waals surface area contributed by atoms with E-state index in [1.165, 1.54) is 12.1 Å². The topological polar surface area (TPSA) is 50.7 Å². The average Bonchev–Trinajstić information content (AvgIpc) is 3.10. The lowest BCUT2D eigenvalue weighted by Crippen LogP contribution is -2.39. The molecule has 1 heterocycles. The van der Waals surface area contributed by atoms with Gasteiger partial charge in [-0.25, -0.2) is 4.39 Å². The van der Waals surface area contributed by atoms with Crippen molar-refractivity contribution < 1.29 is 14.0 Å². The highest BCUT2D eigenvalue weighted by Crippen LogP contribution is 2.23. The first-order chi connectivity index (χ1) is 12.0. The molecule has 0 aromatic heterocycles. The summed E-state index contributed by atoms with van der Waals surface area (Å²) in [5.41, 5.74) is 2.27. The van der Waals surface area contributed by atoms with Crippen LogP contribution < -0.4 is 5.32 Å². The van der Waals surface area contributed by atoms with E-state index in [1.54, 1.807) is 12.1 Å². The van der Waals surface area contributed by atoms with Crippen molar-refractivity contribution in [1.82, 2.24) is 5.32 Å². The Morgan fingerprint density at radius 3 is 2.64 bits per heavy atom. The highest BCUT2D eigenvalue weighted by Gasteiger charge is 2.31. The maximum absolute atomic E-state index is 13.3. The predicted molar refractivity (Wildman–Crippen MR) is 94.6 cm³/mol. The molecule has 1 aliphatic rings. The number of hydrogen-bond donors (Lipinski definition) is 1. The summed E-state index contributed by atoms with van der Waals surface area (Å²) >= 11 is 0. The molecule has 0 bridgehead atoms. The second-order valence-electron chi connectivity index (χ2n) is 6.49. The fourth-order valence-corrected chi connectivity index (χ4v) is 2.90. The highest BCUT2D eigenvalue weighted by atomic mass is 19.1. The molecule has 0 aliphatic carbocycles. The molecule has 2 unspecified atom stereocenters. The number of carbonyl (C=O) groups excluding carboxylic acids is 1. The average molecular weight is 340 g/mol. The molecule has 25 heavy (non-hydrogen) atoms. The Balaban J connectivity index is 1.66. The zero-order chi connectivity index (χ0) is 17.8. The first-order valence-electron chi connectivity index (χ1n) is 8.38. The molecule has 0 spiro atoms. The maximum Gasteiger partial charge on any atom is 0.264 e. The van der Waals surface area contributed by atoms with Crippen LogP contribution in [0, 0.1) is 11.7 Å². The van der Waals surface area contributed by atoms with Gasteiger partial charge in [-0.05, 0) is 23.6 Å². The number of rotatable bonds is 5. The number of oxime groups is 1. The van der Waals surface area contributed by atoms with E-state index >= 15 is 0 Å². The maximum atomic E-state index is 13.3. The molecule has 1 amide bonds. The predicted octanol–water partition coefficient (Wildman–Crippen LogP) is 3.83. The Bertz CT molecular complexity index is 774. The second kappa shape index (κ2) is 7.47. The second-order valence-corrected chi connectivity index (χ2v) is 6.49. The minimum atomic E-state index is -0.691. The van der Waals surface area contributed by atoms with Gasteiger partial charge in [-0.3, -0.25) is 4.79 Å². The number of halogens is 1. The molecule has 0 saturated heterocycles. The third-order valence-electron chi connectivity index (χ3n) is 4.24. The summed E-state index contributed by atoms with van der Waals surface area (Å²) in [6, 6.07) is 15.9. The first-order valence-corrected chi connectivity index (χ1v) is 8.38. The van der Waals surface area contributed by atoms with Gasteiger partial charge >= 0.3 is 0 Å². The minimum Gasteiger partial charge on any atom is -0.382 e. The highest BCUT2D eigenvalue weighted by molar-refractivity contribution is 6.04. The molecule has 0 fully saturated rings. The molecule has 1 N–H and O–H groups in total. The van der Waals surface area contributed by atoms with Gasteiger partial charge in [-0.15, -0.1) is 0 Å². The van der Waals surface area contributed by atoms with Crippen LogP contribution in [0.5, 0.6) is 0 Å². The lowest BCUT2D eigenvalue weighted by Gasteiger charge is -2.24. The van der Waals surface area contributed by atoms with E-state index in [0.717, 1.165) is 5.56 Å². The Kier molecular flexibility index (Phi) is 5.12. The van der Waals surface area contributed by atoms with Crippen molar-refractivity contribution in [2.24, 2.45) is 11.1 Å². The van der Waals surface area contributed by atoms with Crippen LogP contribution >= 0.6 is 0 Å². The normalized spacial score (nSPS) is 17.8. The van der Waals surface area contributed by atoms with Crippen LogP contribution in [-0.2, 0) is 9.63 Å². The van der Waals surface area contributed by atoms with Crippen LogP contribution in [0.3, 0.4) is 0 Å². The summed E-state index contributed by atoms with van der Waals surface area (Å²) in [6.07, 6.45) is -0.363. The fourth-order valence-electron chi connectivity index (χ4n) is 2.90. The molecular formula is C20H21FN2O2. The zero-order valence-electron chi connectivity index (χ0n) is 14.3. The van der Waals surface area contributed by atoms with Crippen molar-refractivity contribution in [2.75, 3.05) is 0 Å². The van der Waals surface area contributed by atoms with Gasteiger partial charge in [0.25, 0.3) is 5.91 Å². The van der Waals surface area contributed by atoms with Crippen LogP contribution in [0.25, 0.3) is 0 Å². The number of benzene rings is 2. The van der Waals surface area contributed by atoms with E-state index in [9.17, 15) is 9.18 Å². The summed E-state index contributed by atoms with van der Waals surface area (Å²) in [5.74, 6) is -0.314. The molecule has 3 rings (SSSR count). The largest absolute Gasteiger partial charge is 0.382 e. The quantitative estimate of drug-likeness (QED) is 0.899. The molecule has 2 aromatic rings. The molecule has 4 nitrogen and oxygen atoms in total. The summed E-state index contributed by atoms with van der Waals surface area (Å²) in [5, 5.41) is 7.01. The molecule has 130 valence electrons. The Morgan fingerprint density at radius 1 is 1.20 bits per heavy atom. The molecule has 2 aromatic carbocycles. The molecule has 1 aliphatic heterocycles. The van der Waals surface area contributed by atoms with E-state index < -0.39 is 6.10 Å². The van der Waals surface area contributed by atoms with Crippen LogP contribution in [0.1, 0.15) is 37.4 Å². The Hall–Kier alpha value is -2.69. The fraction of sp³-hybridized carbons (Fsp3) is 0.300. The first kappa shape index (κ1) is 17.1. The Labute approximate surface area is 146 Å². The monoisotopic (exact) mass is 340 g/mol. The molecule has 2 atom stereocenters. The van der Waals surface area contributed by atoms with Crippen molar-refractivity contribution in [2.45, 2.75) is 32.4 Å². The van der Waals surface area contributed by atoms with E-state index in [4.69, 9.17) is 4.84 Å². The van der Waals surface area contributed by atoms with Crippen molar-refractivity contribution in [3.8, 4) is 0 Å². The van der Waals surface area contributed by atoms with Gasteiger partial charge in [0.05, 0.1) is 11.8 Å². The van der Waals surface area contributed by atoms with Gasteiger partial charge in [-0.2, -0.15) is 0 Å². The minimum absolute atomic E-state index is 0.101. The van der Waals surface area contributed by atoms with Crippen molar-refractivity contribution >= 4 is 11.6 Å². The standard InChI is InChI=1S/C20H21FN2O2/c1-13(2)19(14-7-4-3-5-8-14)22-20(24)18-12-17(23-25-18)15-9-6-10-16(21)11-15/h3-11,13,18-19H,12H2,1-2H3,(H,22,24). The number of amides is 1. The van der Waals surface area contributed by atoms with E-state index in [1.807, 2.05) is 30.3 Å².